The van der Waals surface area contributed by atoms with E-state index in [1.807, 2.05) is 7.05 Å². The number of piperidine rings is 1. The standard InChI is InChI=1S/C18H29N3O.ClH/c1-4-16-9-5-7-14(2)18(16)20-17(22)13-21-10-6-8-15(12-21)11-19-3;/h5,7,9,15,19H,4,6,8,10-13H2,1-3H3,(H,20,22);1H. The summed E-state index contributed by atoms with van der Waals surface area (Å²) in [6.07, 6.45) is 3.38. The van der Waals surface area contributed by atoms with Crippen molar-refractivity contribution in [1.29, 1.82) is 0 Å². The molecule has 0 radical (unpaired) electrons. The zero-order valence-electron chi connectivity index (χ0n) is 14.5. The van der Waals surface area contributed by atoms with E-state index in [4.69, 9.17) is 0 Å². The van der Waals surface area contributed by atoms with E-state index in [2.05, 4.69) is 47.6 Å². The molecule has 1 aromatic carbocycles. The second-order valence-electron chi connectivity index (χ2n) is 6.31. The summed E-state index contributed by atoms with van der Waals surface area (Å²) in [7, 11) is 2.00. The highest BCUT2D eigenvalue weighted by molar-refractivity contribution is 5.93. The van der Waals surface area contributed by atoms with Gasteiger partial charge < -0.3 is 10.6 Å². The third-order valence-corrected chi connectivity index (χ3v) is 4.47. The van der Waals surface area contributed by atoms with Crippen LogP contribution in [-0.2, 0) is 11.2 Å². The zero-order valence-corrected chi connectivity index (χ0v) is 15.3. The topological polar surface area (TPSA) is 44.4 Å². The molecule has 5 heteroatoms. The van der Waals surface area contributed by atoms with Crippen LogP contribution < -0.4 is 10.6 Å². The minimum absolute atomic E-state index is 0. The van der Waals surface area contributed by atoms with Gasteiger partial charge in [0.15, 0.2) is 0 Å². The predicted octanol–water partition coefficient (Wildman–Crippen LogP) is 2.85. The highest BCUT2D eigenvalue weighted by Crippen LogP contribution is 2.21. The molecule has 0 bridgehead atoms. The molecule has 0 aliphatic carbocycles. The van der Waals surface area contributed by atoms with Gasteiger partial charge in [0.25, 0.3) is 0 Å². The molecule has 2 rings (SSSR count). The quantitative estimate of drug-likeness (QED) is 0.837. The van der Waals surface area contributed by atoms with Gasteiger partial charge in [-0.05, 0) is 63.4 Å². The monoisotopic (exact) mass is 339 g/mol. The summed E-state index contributed by atoms with van der Waals surface area (Å²) in [6.45, 7) is 7.76. The number of rotatable bonds is 6. The van der Waals surface area contributed by atoms with E-state index >= 15 is 0 Å². The van der Waals surface area contributed by atoms with Gasteiger partial charge in [0, 0.05) is 12.2 Å². The maximum Gasteiger partial charge on any atom is 0.238 e. The van der Waals surface area contributed by atoms with Gasteiger partial charge in [-0.25, -0.2) is 0 Å². The van der Waals surface area contributed by atoms with Crippen LogP contribution in [0, 0.1) is 12.8 Å². The molecule has 0 aromatic heterocycles. The Morgan fingerprint density at radius 1 is 1.39 bits per heavy atom. The lowest BCUT2D eigenvalue weighted by Crippen LogP contribution is -2.42. The normalized spacial score (nSPS) is 18.3. The number of nitrogens with zero attached hydrogens (tertiary/aromatic N) is 1. The summed E-state index contributed by atoms with van der Waals surface area (Å²) in [4.78, 5) is 14.7. The first-order valence-electron chi connectivity index (χ1n) is 8.39. The number of halogens is 1. The van der Waals surface area contributed by atoms with Crippen molar-refractivity contribution in [3.05, 3.63) is 29.3 Å². The van der Waals surface area contributed by atoms with Crippen molar-refractivity contribution in [2.24, 2.45) is 5.92 Å². The molecule has 1 fully saturated rings. The Kier molecular flexibility index (Phi) is 8.59. The largest absolute Gasteiger partial charge is 0.324 e. The fourth-order valence-corrected chi connectivity index (χ4v) is 3.33. The van der Waals surface area contributed by atoms with Gasteiger partial charge in [0.1, 0.15) is 0 Å². The van der Waals surface area contributed by atoms with Crippen molar-refractivity contribution in [2.45, 2.75) is 33.1 Å². The molecule has 1 atom stereocenters. The predicted molar refractivity (Wildman–Crippen MR) is 99.5 cm³/mol. The number of carbonyl (C=O) groups excluding carboxylic acids is 1. The molecule has 1 aliphatic rings. The average Bonchev–Trinajstić information content (AvgIpc) is 2.50. The average molecular weight is 340 g/mol. The first-order chi connectivity index (χ1) is 10.6. The molecule has 1 heterocycles. The Hall–Kier alpha value is -1.10. The van der Waals surface area contributed by atoms with E-state index in [0.29, 0.717) is 12.5 Å². The summed E-state index contributed by atoms with van der Waals surface area (Å²) in [5.41, 5.74) is 3.35. The minimum atomic E-state index is 0. The van der Waals surface area contributed by atoms with E-state index in [1.165, 1.54) is 18.4 Å². The number of carbonyl (C=O) groups is 1. The number of hydrogen-bond donors (Lipinski definition) is 2. The minimum Gasteiger partial charge on any atom is -0.324 e. The van der Waals surface area contributed by atoms with E-state index in [9.17, 15) is 4.79 Å². The van der Waals surface area contributed by atoms with Gasteiger partial charge in [0.2, 0.25) is 5.91 Å². The van der Waals surface area contributed by atoms with Crippen LogP contribution in [0.15, 0.2) is 18.2 Å². The lowest BCUT2D eigenvalue weighted by Gasteiger charge is -2.32. The SMILES string of the molecule is CCc1cccc(C)c1NC(=O)CN1CCCC(CNC)C1.Cl. The smallest absolute Gasteiger partial charge is 0.238 e. The van der Waals surface area contributed by atoms with Crippen molar-refractivity contribution in [3.63, 3.8) is 0 Å². The summed E-state index contributed by atoms with van der Waals surface area (Å²) >= 11 is 0. The van der Waals surface area contributed by atoms with Crippen LogP contribution in [0.4, 0.5) is 5.69 Å². The molecule has 130 valence electrons. The van der Waals surface area contributed by atoms with Crippen LogP contribution in [0.2, 0.25) is 0 Å². The van der Waals surface area contributed by atoms with Gasteiger partial charge in [-0.1, -0.05) is 25.1 Å². The van der Waals surface area contributed by atoms with Crippen LogP contribution in [0.25, 0.3) is 0 Å². The molecule has 1 saturated heterocycles. The number of anilines is 1. The highest BCUT2D eigenvalue weighted by atomic mass is 35.5. The Bertz CT molecular complexity index is 505. The van der Waals surface area contributed by atoms with Gasteiger partial charge in [-0.2, -0.15) is 0 Å². The molecule has 0 saturated carbocycles. The van der Waals surface area contributed by atoms with Crippen LogP contribution in [0.5, 0.6) is 0 Å². The van der Waals surface area contributed by atoms with E-state index < -0.39 is 0 Å². The van der Waals surface area contributed by atoms with Crippen molar-refractivity contribution >= 4 is 24.0 Å². The van der Waals surface area contributed by atoms with Crippen molar-refractivity contribution in [2.75, 3.05) is 38.5 Å². The fraction of sp³-hybridized carbons (Fsp3) is 0.611. The Morgan fingerprint density at radius 2 is 2.17 bits per heavy atom. The lowest BCUT2D eigenvalue weighted by molar-refractivity contribution is -0.117. The van der Waals surface area contributed by atoms with Crippen LogP contribution in [0.1, 0.15) is 30.9 Å². The summed E-state index contributed by atoms with van der Waals surface area (Å²) in [6, 6.07) is 6.20. The van der Waals surface area contributed by atoms with Crippen molar-refractivity contribution < 1.29 is 4.79 Å². The molecule has 1 unspecified atom stereocenters. The maximum atomic E-state index is 12.4. The number of para-hydroxylation sites is 1. The lowest BCUT2D eigenvalue weighted by atomic mass is 9.98. The summed E-state index contributed by atoms with van der Waals surface area (Å²) in [5.74, 6) is 0.769. The Labute approximate surface area is 146 Å². The zero-order chi connectivity index (χ0) is 15.9. The maximum absolute atomic E-state index is 12.4. The first kappa shape index (κ1) is 19.9. The Balaban J connectivity index is 0.00000264. The summed E-state index contributed by atoms with van der Waals surface area (Å²) < 4.78 is 0. The highest BCUT2D eigenvalue weighted by Gasteiger charge is 2.21. The molecule has 2 N–H and O–H groups in total. The van der Waals surface area contributed by atoms with Crippen LogP contribution in [0.3, 0.4) is 0 Å². The van der Waals surface area contributed by atoms with E-state index in [1.54, 1.807) is 0 Å². The van der Waals surface area contributed by atoms with Crippen LogP contribution in [-0.4, -0.2) is 44.0 Å². The number of hydrogen-bond acceptors (Lipinski definition) is 3. The number of benzene rings is 1. The third kappa shape index (κ3) is 5.79. The third-order valence-electron chi connectivity index (χ3n) is 4.47. The molecule has 1 amide bonds. The first-order valence-corrected chi connectivity index (χ1v) is 8.39. The van der Waals surface area contributed by atoms with E-state index in [-0.39, 0.29) is 18.3 Å². The Morgan fingerprint density at radius 3 is 2.87 bits per heavy atom. The van der Waals surface area contributed by atoms with Gasteiger partial charge in [-0.3, -0.25) is 9.69 Å². The number of amides is 1. The fourth-order valence-electron chi connectivity index (χ4n) is 3.33. The van der Waals surface area contributed by atoms with E-state index in [0.717, 1.165) is 37.3 Å². The number of likely N-dealkylation sites (tertiary alicyclic amines) is 1. The summed E-state index contributed by atoms with van der Waals surface area (Å²) in [5, 5.41) is 6.37. The molecule has 1 aromatic rings. The second kappa shape index (κ2) is 9.91. The van der Waals surface area contributed by atoms with Gasteiger partial charge >= 0.3 is 0 Å². The van der Waals surface area contributed by atoms with Crippen LogP contribution >= 0.6 is 12.4 Å². The molecular weight excluding hydrogens is 310 g/mol. The second-order valence-corrected chi connectivity index (χ2v) is 6.31. The molecule has 0 spiro atoms. The molecule has 4 nitrogen and oxygen atoms in total. The van der Waals surface area contributed by atoms with Gasteiger partial charge in [0.05, 0.1) is 6.54 Å². The number of nitrogens with one attached hydrogen (secondary N) is 2. The van der Waals surface area contributed by atoms with Crippen molar-refractivity contribution in [3.8, 4) is 0 Å². The number of aryl methyl sites for hydroxylation is 2. The van der Waals surface area contributed by atoms with Gasteiger partial charge in [-0.15, -0.1) is 12.4 Å². The molecular formula is C18H30ClN3O. The van der Waals surface area contributed by atoms with Crippen molar-refractivity contribution in [1.82, 2.24) is 10.2 Å². The molecule has 23 heavy (non-hydrogen) atoms. The molecule has 1 aliphatic heterocycles.